The minimum absolute atomic E-state index is 1.20. The van der Waals surface area contributed by atoms with Crippen molar-refractivity contribution in [1.82, 2.24) is 0 Å². The quantitative estimate of drug-likeness (QED) is 0.215. The third-order valence-corrected chi connectivity index (χ3v) is 8.55. The molecule has 1 atom stereocenters. The Balaban J connectivity index is 1.20. The maximum Gasteiger partial charge on any atom is 0.0355 e. The maximum absolute atomic E-state index is 2.75. The Morgan fingerprint density at radius 1 is 0.389 bits per heavy atom. The lowest BCUT2D eigenvalue weighted by Gasteiger charge is -2.09. The molecule has 0 spiro atoms. The summed E-state index contributed by atoms with van der Waals surface area (Å²) in [5.74, 6) is 0. The van der Waals surface area contributed by atoms with E-state index in [0.717, 1.165) is 0 Å². The van der Waals surface area contributed by atoms with E-state index in [2.05, 4.69) is 137 Å². The molecule has 6 aromatic carbocycles. The highest BCUT2D eigenvalue weighted by Crippen LogP contribution is 2.37. The molecule has 7 aromatic rings. The van der Waals surface area contributed by atoms with E-state index >= 15 is 0 Å². The molecular weight excluding hydrogens is 471 g/mol. The van der Waals surface area contributed by atoms with E-state index in [1.165, 1.54) is 69.6 Å². The molecular formula is C34H23PS. The zero-order chi connectivity index (χ0) is 24.1. The number of thiophene rings is 1. The zero-order valence-corrected chi connectivity index (χ0v) is 21.6. The average molecular weight is 495 g/mol. The summed E-state index contributed by atoms with van der Waals surface area (Å²) in [5.41, 5.74) is 7.49. The summed E-state index contributed by atoms with van der Waals surface area (Å²) >= 11 is 1.87. The third kappa shape index (κ3) is 3.82. The van der Waals surface area contributed by atoms with Crippen molar-refractivity contribution in [3.63, 3.8) is 0 Å². The van der Waals surface area contributed by atoms with Crippen molar-refractivity contribution in [2.45, 2.75) is 0 Å². The van der Waals surface area contributed by atoms with Crippen LogP contribution in [-0.4, -0.2) is 0 Å². The lowest BCUT2D eigenvalue weighted by molar-refractivity contribution is 1.61. The molecule has 0 N–H and O–H groups in total. The first kappa shape index (κ1) is 21.5. The van der Waals surface area contributed by atoms with Gasteiger partial charge in [0.1, 0.15) is 0 Å². The van der Waals surface area contributed by atoms with Crippen LogP contribution >= 0.6 is 20.6 Å². The summed E-state index contributed by atoms with van der Waals surface area (Å²) in [5, 5.41) is 6.42. The summed E-state index contributed by atoms with van der Waals surface area (Å²) in [4.78, 5) is 0. The normalized spacial score (nSPS) is 11.5. The summed E-state index contributed by atoms with van der Waals surface area (Å²) < 4.78 is 2.69. The molecule has 0 bridgehead atoms. The van der Waals surface area contributed by atoms with Crippen molar-refractivity contribution in [3.05, 3.63) is 127 Å². The van der Waals surface area contributed by atoms with E-state index in [-0.39, 0.29) is 0 Å². The Labute approximate surface area is 217 Å². The van der Waals surface area contributed by atoms with E-state index in [9.17, 15) is 0 Å². The molecule has 0 aliphatic heterocycles. The van der Waals surface area contributed by atoms with Crippen molar-refractivity contribution in [2.75, 3.05) is 0 Å². The lowest BCUT2D eigenvalue weighted by Crippen LogP contribution is -1.88. The van der Waals surface area contributed by atoms with Gasteiger partial charge in [0.05, 0.1) is 0 Å². The summed E-state index contributed by atoms with van der Waals surface area (Å²) in [7, 11) is 2.75. The molecule has 0 amide bonds. The number of benzene rings is 6. The summed E-state index contributed by atoms with van der Waals surface area (Å²) in [6.45, 7) is 0. The van der Waals surface area contributed by atoms with Gasteiger partial charge in [-0.3, -0.25) is 0 Å². The number of rotatable bonds is 3. The fourth-order valence-corrected chi connectivity index (χ4v) is 6.32. The van der Waals surface area contributed by atoms with Crippen LogP contribution < -0.4 is 5.30 Å². The lowest BCUT2D eigenvalue weighted by atomic mass is 9.96. The molecule has 0 aliphatic rings. The number of hydrogen-bond acceptors (Lipinski definition) is 1. The molecule has 1 heterocycles. The van der Waals surface area contributed by atoms with Gasteiger partial charge in [-0.05, 0) is 79.8 Å². The van der Waals surface area contributed by atoms with Crippen molar-refractivity contribution >= 4 is 56.8 Å². The van der Waals surface area contributed by atoms with Gasteiger partial charge in [-0.1, -0.05) is 97.1 Å². The van der Waals surface area contributed by atoms with Gasteiger partial charge >= 0.3 is 0 Å². The highest BCUT2D eigenvalue weighted by molar-refractivity contribution is 7.27. The maximum atomic E-state index is 2.75. The Kier molecular flexibility index (Phi) is 5.21. The van der Waals surface area contributed by atoms with E-state index in [1.54, 1.807) is 0 Å². The van der Waals surface area contributed by atoms with Crippen molar-refractivity contribution in [1.29, 1.82) is 0 Å². The van der Waals surface area contributed by atoms with Crippen LogP contribution in [0.3, 0.4) is 0 Å². The van der Waals surface area contributed by atoms with Crippen LogP contribution in [0.25, 0.3) is 64.3 Å². The minimum Gasteiger partial charge on any atom is -0.135 e. The second kappa shape index (κ2) is 8.71. The van der Waals surface area contributed by atoms with Crippen LogP contribution in [0, 0.1) is 0 Å². The molecule has 7 rings (SSSR count). The van der Waals surface area contributed by atoms with Gasteiger partial charge in [0.15, 0.2) is 0 Å². The fourth-order valence-electron chi connectivity index (χ4n) is 5.04. The largest absolute Gasteiger partial charge is 0.135 e. The van der Waals surface area contributed by atoms with Crippen LogP contribution in [0.1, 0.15) is 0 Å². The molecule has 0 saturated heterocycles. The topological polar surface area (TPSA) is 0 Å². The molecule has 1 aromatic heterocycles. The zero-order valence-electron chi connectivity index (χ0n) is 19.6. The number of fused-ring (bicyclic) bond motifs is 4. The molecule has 1 unspecified atom stereocenters. The second-order valence-electron chi connectivity index (χ2n) is 9.29. The first-order chi connectivity index (χ1) is 17.7. The number of hydrogen-bond donors (Lipinski definition) is 0. The summed E-state index contributed by atoms with van der Waals surface area (Å²) in [6, 6.07) is 46.6. The van der Waals surface area contributed by atoms with Gasteiger partial charge in [-0.25, -0.2) is 0 Å². The molecule has 0 nitrogen and oxygen atoms in total. The highest BCUT2D eigenvalue weighted by atomic mass is 32.1. The monoisotopic (exact) mass is 494 g/mol. The Morgan fingerprint density at radius 3 is 1.50 bits per heavy atom. The molecule has 170 valence electrons. The van der Waals surface area contributed by atoms with Crippen LogP contribution in [0.4, 0.5) is 0 Å². The van der Waals surface area contributed by atoms with Gasteiger partial charge in [0.2, 0.25) is 0 Å². The van der Waals surface area contributed by atoms with Crippen molar-refractivity contribution in [2.24, 2.45) is 0 Å². The van der Waals surface area contributed by atoms with Gasteiger partial charge in [0, 0.05) is 20.2 Å². The molecule has 2 heteroatoms. The van der Waals surface area contributed by atoms with Crippen LogP contribution in [0.15, 0.2) is 127 Å². The van der Waals surface area contributed by atoms with Crippen molar-refractivity contribution < 1.29 is 0 Å². The fraction of sp³-hybridized carbons (Fsp3) is 0. The van der Waals surface area contributed by atoms with Gasteiger partial charge in [0.25, 0.3) is 0 Å². The third-order valence-electron chi connectivity index (χ3n) is 7.01. The second-order valence-corrected chi connectivity index (χ2v) is 11.0. The standard InChI is InChI=1S/C34H23PS/c35-30-16-13-24(14-17-30)26-10-12-27-19-25(9-11-28(27)20-26)22-5-7-23(8-6-22)29-15-18-34-32(21-29)31-3-1-2-4-33(31)36-34/h1-21H,35H2. The molecule has 0 aliphatic carbocycles. The molecule has 0 radical (unpaired) electrons. The SMILES string of the molecule is Pc1ccc(-c2ccc3cc(-c4ccc(-c5ccc6sc7ccccc7c6c5)cc4)ccc3c2)cc1. The van der Waals surface area contributed by atoms with Gasteiger partial charge in [-0.15, -0.1) is 20.6 Å². The van der Waals surface area contributed by atoms with Gasteiger partial charge in [-0.2, -0.15) is 0 Å². The van der Waals surface area contributed by atoms with Crippen molar-refractivity contribution in [3.8, 4) is 33.4 Å². The van der Waals surface area contributed by atoms with E-state index < -0.39 is 0 Å². The van der Waals surface area contributed by atoms with Crippen LogP contribution in [0.5, 0.6) is 0 Å². The first-order valence-corrected chi connectivity index (χ1v) is 13.5. The first-order valence-electron chi connectivity index (χ1n) is 12.1. The molecule has 0 saturated carbocycles. The highest BCUT2D eigenvalue weighted by Gasteiger charge is 2.08. The van der Waals surface area contributed by atoms with Crippen LogP contribution in [-0.2, 0) is 0 Å². The minimum atomic E-state index is 1.20. The van der Waals surface area contributed by atoms with Gasteiger partial charge < -0.3 is 0 Å². The Morgan fingerprint density at radius 2 is 0.861 bits per heavy atom. The smallest absolute Gasteiger partial charge is 0.0355 e. The Hall–Kier alpha value is -3.77. The average Bonchev–Trinajstić information content (AvgIpc) is 3.31. The predicted molar refractivity (Wildman–Crippen MR) is 162 cm³/mol. The summed E-state index contributed by atoms with van der Waals surface area (Å²) in [6.07, 6.45) is 0. The van der Waals surface area contributed by atoms with Crippen LogP contribution in [0.2, 0.25) is 0 Å². The molecule has 36 heavy (non-hydrogen) atoms. The predicted octanol–water partition coefficient (Wildman–Crippen LogP) is 9.71. The van der Waals surface area contributed by atoms with E-state index in [0.29, 0.717) is 0 Å². The van der Waals surface area contributed by atoms with E-state index in [1.807, 2.05) is 11.3 Å². The van der Waals surface area contributed by atoms with E-state index in [4.69, 9.17) is 0 Å². The molecule has 0 fully saturated rings. The Bertz CT molecular complexity index is 1880.